The molecule has 9 aromatic rings. The quantitative estimate of drug-likeness (QED) is 0.129. The Balaban J connectivity index is 0.966. The highest BCUT2D eigenvalue weighted by molar-refractivity contribution is 6.05. The average Bonchev–Trinajstić information content (AvgIpc) is 3.93. The van der Waals surface area contributed by atoms with E-state index in [0.717, 1.165) is 19.3 Å². The van der Waals surface area contributed by atoms with Gasteiger partial charge < -0.3 is 4.57 Å². The summed E-state index contributed by atoms with van der Waals surface area (Å²) >= 11 is 0. The van der Waals surface area contributed by atoms with E-state index in [1.165, 1.54) is 118 Å². The lowest BCUT2D eigenvalue weighted by Crippen LogP contribution is -2.17. The molecule has 4 atom stereocenters. The van der Waals surface area contributed by atoms with Gasteiger partial charge in [0.1, 0.15) is 0 Å². The van der Waals surface area contributed by atoms with E-state index in [0.29, 0.717) is 17.8 Å². The molecule has 3 aliphatic rings. The van der Waals surface area contributed by atoms with E-state index in [1.54, 1.807) is 0 Å². The molecule has 0 aliphatic heterocycles. The first kappa shape index (κ1) is 43.6. The van der Waals surface area contributed by atoms with Gasteiger partial charge >= 0.3 is 0 Å². The van der Waals surface area contributed by atoms with Crippen LogP contribution in [0, 0.1) is 0 Å². The maximum Gasteiger partial charge on any atom is 0.0538 e. The fourth-order valence-electron chi connectivity index (χ4n) is 12.9. The normalized spacial score (nSPS) is 19.3. The van der Waals surface area contributed by atoms with Crippen molar-refractivity contribution in [1.82, 2.24) is 4.57 Å². The molecule has 3 aliphatic carbocycles. The van der Waals surface area contributed by atoms with E-state index in [9.17, 15) is 0 Å². The van der Waals surface area contributed by atoms with E-state index in [4.69, 9.17) is 0 Å². The van der Waals surface area contributed by atoms with Gasteiger partial charge in [0.2, 0.25) is 0 Å². The van der Waals surface area contributed by atoms with E-state index in [2.05, 4.69) is 241 Å². The van der Waals surface area contributed by atoms with Crippen LogP contribution in [0.4, 0.5) is 0 Å². The summed E-state index contributed by atoms with van der Waals surface area (Å²) < 4.78 is 2.56. The molecule has 69 heavy (non-hydrogen) atoms. The standard InChI is InChI=1S/C68H65N/c1-8-17-44(2)46-26-24-45(25-27-46)42-68(52-32-30-51(31-33-52)66(3,4)5)43-62(68)57-41-61-65(55-23-16-15-22-54(55)57)56-35-34-53(40-60(56)67(61,6)7)69-63-36-28-49(47-18-11-9-12-19-47)38-58(63)59-39-50(29-37-64(59)69)48-20-13-10-14-21-48/h9-16,18-38,40-41,44,50,62H,8,17,39,42-43H2,1-7H3. The van der Waals surface area contributed by atoms with Crippen molar-refractivity contribution in [3.8, 4) is 27.9 Å². The molecule has 0 radical (unpaired) electrons. The molecule has 1 nitrogen and oxygen atoms in total. The van der Waals surface area contributed by atoms with Gasteiger partial charge in [-0.25, -0.2) is 0 Å². The van der Waals surface area contributed by atoms with Crippen molar-refractivity contribution in [2.24, 2.45) is 0 Å². The van der Waals surface area contributed by atoms with E-state index < -0.39 is 0 Å². The summed E-state index contributed by atoms with van der Waals surface area (Å²) in [5, 5.41) is 4.14. The average molecular weight is 896 g/mol. The molecule has 0 N–H and O–H groups in total. The van der Waals surface area contributed by atoms with Gasteiger partial charge in [-0.05, 0) is 156 Å². The van der Waals surface area contributed by atoms with Crippen LogP contribution >= 0.6 is 0 Å². The lowest BCUT2D eigenvalue weighted by molar-refractivity contribution is 0.588. The molecule has 0 saturated heterocycles. The molecule has 12 rings (SSSR count). The highest BCUT2D eigenvalue weighted by Crippen LogP contribution is 2.65. The predicted molar refractivity (Wildman–Crippen MR) is 293 cm³/mol. The van der Waals surface area contributed by atoms with Crippen LogP contribution in [-0.2, 0) is 29.1 Å². The van der Waals surface area contributed by atoms with E-state index >= 15 is 0 Å². The minimum Gasteiger partial charge on any atom is -0.310 e. The van der Waals surface area contributed by atoms with Gasteiger partial charge in [-0.1, -0.05) is 213 Å². The third-order valence-electron chi connectivity index (χ3n) is 16.9. The first-order valence-electron chi connectivity index (χ1n) is 25.8. The van der Waals surface area contributed by atoms with Gasteiger partial charge in [0.15, 0.2) is 0 Å². The van der Waals surface area contributed by atoms with Gasteiger partial charge in [0, 0.05) is 33.5 Å². The maximum atomic E-state index is 2.66. The van der Waals surface area contributed by atoms with E-state index in [-0.39, 0.29) is 16.2 Å². The zero-order valence-corrected chi connectivity index (χ0v) is 41.6. The van der Waals surface area contributed by atoms with Gasteiger partial charge in [-0.2, -0.15) is 0 Å². The Kier molecular flexibility index (Phi) is 10.4. The lowest BCUT2D eigenvalue weighted by atomic mass is 9.78. The second-order valence-corrected chi connectivity index (χ2v) is 22.5. The molecular weight excluding hydrogens is 831 g/mol. The van der Waals surface area contributed by atoms with Crippen molar-refractivity contribution in [2.45, 2.75) is 115 Å². The van der Waals surface area contributed by atoms with Crippen molar-refractivity contribution in [1.29, 1.82) is 0 Å². The van der Waals surface area contributed by atoms with Crippen LogP contribution in [0.1, 0.15) is 141 Å². The Morgan fingerprint density at radius 2 is 1.38 bits per heavy atom. The monoisotopic (exact) mass is 896 g/mol. The number of hydrogen-bond acceptors (Lipinski definition) is 0. The summed E-state index contributed by atoms with van der Waals surface area (Å²) in [5.74, 6) is 1.33. The molecule has 1 saturated carbocycles. The Morgan fingerprint density at radius 3 is 2.10 bits per heavy atom. The lowest BCUT2D eigenvalue weighted by Gasteiger charge is -2.25. The summed E-state index contributed by atoms with van der Waals surface area (Å²) in [6, 6.07) is 67.9. The molecule has 1 aromatic heterocycles. The predicted octanol–water partition coefficient (Wildman–Crippen LogP) is 18.0. The number of aromatic nitrogens is 1. The van der Waals surface area contributed by atoms with Gasteiger partial charge in [0.05, 0.1) is 5.52 Å². The summed E-state index contributed by atoms with van der Waals surface area (Å²) in [6.45, 7) is 16.6. The number of benzene rings is 8. The summed E-state index contributed by atoms with van der Waals surface area (Å²) in [5.41, 5.74) is 22.0. The minimum atomic E-state index is -0.200. The fourth-order valence-corrected chi connectivity index (χ4v) is 12.9. The van der Waals surface area contributed by atoms with Gasteiger partial charge in [-0.3, -0.25) is 0 Å². The maximum absolute atomic E-state index is 2.66. The van der Waals surface area contributed by atoms with Crippen LogP contribution in [0.3, 0.4) is 0 Å². The summed E-state index contributed by atoms with van der Waals surface area (Å²) in [6.07, 6.45) is 10.4. The smallest absolute Gasteiger partial charge is 0.0538 e. The van der Waals surface area contributed by atoms with Crippen LogP contribution in [-0.4, -0.2) is 4.57 Å². The zero-order valence-electron chi connectivity index (χ0n) is 41.6. The molecule has 1 heteroatoms. The van der Waals surface area contributed by atoms with Gasteiger partial charge in [-0.15, -0.1) is 0 Å². The molecule has 0 bridgehead atoms. The van der Waals surface area contributed by atoms with Crippen molar-refractivity contribution >= 4 is 27.8 Å². The van der Waals surface area contributed by atoms with Crippen molar-refractivity contribution in [3.63, 3.8) is 0 Å². The van der Waals surface area contributed by atoms with Crippen LogP contribution in [0.2, 0.25) is 0 Å². The number of nitrogens with zero attached hydrogens (tertiary/aromatic N) is 1. The second-order valence-electron chi connectivity index (χ2n) is 22.5. The molecule has 0 amide bonds. The number of fused-ring (bicyclic) bond motifs is 8. The van der Waals surface area contributed by atoms with Crippen molar-refractivity contribution in [2.75, 3.05) is 0 Å². The highest BCUT2D eigenvalue weighted by Gasteiger charge is 2.56. The Labute approximate surface area is 410 Å². The summed E-state index contributed by atoms with van der Waals surface area (Å²) in [4.78, 5) is 0. The third-order valence-corrected chi connectivity index (χ3v) is 16.9. The van der Waals surface area contributed by atoms with Crippen molar-refractivity contribution < 1.29 is 0 Å². The molecule has 0 spiro atoms. The molecule has 1 heterocycles. The Morgan fingerprint density at radius 1 is 0.667 bits per heavy atom. The Hall–Kier alpha value is -6.70. The third kappa shape index (κ3) is 7.26. The molecular formula is C68H65N. The van der Waals surface area contributed by atoms with Crippen LogP contribution < -0.4 is 0 Å². The topological polar surface area (TPSA) is 4.93 Å². The van der Waals surface area contributed by atoms with Crippen LogP contribution in [0.15, 0.2) is 182 Å². The Bertz CT molecular complexity index is 3430. The highest BCUT2D eigenvalue weighted by atomic mass is 15.0. The number of allylic oxidation sites excluding steroid dienone is 1. The fraction of sp³-hybridized carbons (Fsp3) is 0.265. The molecule has 8 aromatic carbocycles. The van der Waals surface area contributed by atoms with Crippen LogP contribution in [0.25, 0.3) is 55.7 Å². The largest absolute Gasteiger partial charge is 0.310 e. The number of rotatable bonds is 10. The molecule has 4 unspecified atom stereocenters. The van der Waals surface area contributed by atoms with E-state index in [1.807, 2.05) is 0 Å². The first-order valence-corrected chi connectivity index (χ1v) is 25.8. The first-order chi connectivity index (χ1) is 33.4. The van der Waals surface area contributed by atoms with Gasteiger partial charge in [0.25, 0.3) is 0 Å². The molecule has 342 valence electrons. The zero-order chi connectivity index (χ0) is 47.2. The summed E-state index contributed by atoms with van der Waals surface area (Å²) in [7, 11) is 0. The van der Waals surface area contributed by atoms with Crippen LogP contribution in [0.5, 0.6) is 0 Å². The minimum absolute atomic E-state index is 0.0225. The SMILES string of the molecule is CCCC(C)c1ccc(CC2(c3ccc(C(C)(C)C)cc3)CC2c2cc3c(c4ccccc24)-c2ccc(-n4c5c(c6cc(-c7ccccc7)ccc64)CC(c4ccccc4)C=C5)cc2C3(C)C)cc1. The number of hydrogen-bond donors (Lipinski definition) is 0. The molecule has 1 fully saturated rings. The second kappa shape index (κ2) is 16.5. The van der Waals surface area contributed by atoms with Crippen molar-refractivity contribution in [3.05, 3.63) is 238 Å².